The first-order valence-corrected chi connectivity index (χ1v) is 7.09. The number of aromatic nitrogens is 4. The molecule has 5 nitrogen and oxygen atoms in total. The van der Waals surface area contributed by atoms with Gasteiger partial charge in [0.05, 0.1) is 23.6 Å². The Labute approximate surface area is 116 Å². The number of piperidine rings is 1. The molecule has 1 aromatic carbocycles. The summed E-state index contributed by atoms with van der Waals surface area (Å²) in [6.07, 6.45) is 6.01. The van der Waals surface area contributed by atoms with E-state index in [1.165, 1.54) is 29.7 Å². The van der Waals surface area contributed by atoms with Gasteiger partial charge in [0, 0.05) is 17.2 Å². The lowest BCUT2D eigenvalue weighted by atomic mass is 9.90. The molecule has 3 aromatic rings. The van der Waals surface area contributed by atoms with Crippen molar-refractivity contribution in [3.8, 4) is 11.1 Å². The van der Waals surface area contributed by atoms with E-state index in [-0.39, 0.29) is 0 Å². The number of nitrogens with zero attached hydrogens (tertiary/aromatic N) is 2. The molecule has 4 rings (SSSR count). The number of rotatable bonds is 2. The molecular weight excluding hydrogens is 250 g/mol. The van der Waals surface area contributed by atoms with E-state index in [1.807, 2.05) is 6.20 Å². The van der Waals surface area contributed by atoms with Gasteiger partial charge in [-0.05, 0) is 43.6 Å². The Hall–Kier alpha value is -2.14. The van der Waals surface area contributed by atoms with Crippen LogP contribution in [0.15, 0.2) is 30.7 Å². The second kappa shape index (κ2) is 4.76. The quantitative estimate of drug-likeness (QED) is 0.668. The van der Waals surface area contributed by atoms with Crippen molar-refractivity contribution in [3.63, 3.8) is 0 Å². The van der Waals surface area contributed by atoms with Crippen LogP contribution < -0.4 is 5.32 Å². The molecule has 20 heavy (non-hydrogen) atoms. The number of benzene rings is 1. The fourth-order valence-corrected chi connectivity index (χ4v) is 3.05. The standard InChI is InChI=1S/C15H17N5/c1-2-13-14(18-9-17-13)7-11(1)12-8-19-20-15(12)10-3-5-16-6-4-10/h1-2,7-10,16H,3-6H2,(H,17,18)(H,19,20). The molecule has 5 heteroatoms. The molecule has 1 fully saturated rings. The molecule has 1 saturated heterocycles. The molecule has 1 aliphatic rings. The van der Waals surface area contributed by atoms with Crippen molar-refractivity contribution in [2.24, 2.45) is 0 Å². The normalized spacial score (nSPS) is 16.8. The lowest BCUT2D eigenvalue weighted by Crippen LogP contribution is -2.27. The van der Waals surface area contributed by atoms with Crippen molar-refractivity contribution in [2.75, 3.05) is 13.1 Å². The zero-order valence-electron chi connectivity index (χ0n) is 11.2. The summed E-state index contributed by atoms with van der Waals surface area (Å²) < 4.78 is 0. The Balaban J connectivity index is 1.75. The van der Waals surface area contributed by atoms with Crippen LogP contribution in [0.5, 0.6) is 0 Å². The molecule has 3 heterocycles. The zero-order chi connectivity index (χ0) is 13.4. The monoisotopic (exact) mass is 267 g/mol. The number of nitrogens with one attached hydrogen (secondary N) is 3. The third kappa shape index (κ3) is 1.91. The van der Waals surface area contributed by atoms with Gasteiger partial charge in [-0.2, -0.15) is 5.10 Å². The predicted molar refractivity (Wildman–Crippen MR) is 78.5 cm³/mol. The first-order chi connectivity index (χ1) is 9.92. The highest BCUT2D eigenvalue weighted by Crippen LogP contribution is 2.33. The summed E-state index contributed by atoms with van der Waals surface area (Å²) in [6.45, 7) is 2.17. The van der Waals surface area contributed by atoms with Gasteiger partial charge in [0.2, 0.25) is 0 Å². The molecule has 0 amide bonds. The minimum atomic E-state index is 0.575. The molecule has 3 N–H and O–H groups in total. The maximum absolute atomic E-state index is 4.27. The van der Waals surface area contributed by atoms with Gasteiger partial charge >= 0.3 is 0 Å². The number of imidazole rings is 1. The van der Waals surface area contributed by atoms with Gasteiger partial charge in [-0.15, -0.1) is 0 Å². The van der Waals surface area contributed by atoms with Crippen LogP contribution in [0.4, 0.5) is 0 Å². The Morgan fingerprint density at radius 2 is 2.05 bits per heavy atom. The maximum Gasteiger partial charge on any atom is 0.0931 e. The van der Waals surface area contributed by atoms with Crippen molar-refractivity contribution < 1.29 is 0 Å². The molecule has 102 valence electrons. The number of hydrogen-bond acceptors (Lipinski definition) is 3. The lowest BCUT2D eigenvalue weighted by Gasteiger charge is -2.22. The van der Waals surface area contributed by atoms with Crippen LogP contribution >= 0.6 is 0 Å². The van der Waals surface area contributed by atoms with Crippen molar-refractivity contribution in [3.05, 3.63) is 36.4 Å². The van der Waals surface area contributed by atoms with E-state index in [4.69, 9.17) is 0 Å². The highest BCUT2D eigenvalue weighted by Gasteiger charge is 2.20. The summed E-state index contributed by atoms with van der Waals surface area (Å²) in [6, 6.07) is 6.33. The van der Waals surface area contributed by atoms with E-state index in [0.29, 0.717) is 5.92 Å². The molecule has 0 bridgehead atoms. The Morgan fingerprint density at radius 1 is 1.15 bits per heavy atom. The molecule has 0 atom stereocenters. The van der Waals surface area contributed by atoms with Gasteiger partial charge in [0.15, 0.2) is 0 Å². The minimum Gasteiger partial charge on any atom is -0.345 e. The van der Waals surface area contributed by atoms with Crippen LogP contribution in [0.2, 0.25) is 0 Å². The molecule has 0 unspecified atom stereocenters. The largest absolute Gasteiger partial charge is 0.345 e. The second-order valence-corrected chi connectivity index (χ2v) is 5.36. The van der Waals surface area contributed by atoms with Gasteiger partial charge < -0.3 is 10.3 Å². The van der Waals surface area contributed by atoms with E-state index < -0.39 is 0 Å². The van der Waals surface area contributed by atoms with Gasteiger partial charge in [-0.25, -0.2) is 4.98 Å². The van der Waals surface area contributed by atoms with Crippen LogP contribution in [0.1, 0.15) is 24.5 Å². The average Bonchev–Trinajstić information content (AvgIpc) is 3.16. The smallest absolute Gasteiger partial charge is 0.0931 e. The Bertz CT molecular complexity index is 721. The van der Waals surface area contributed by atoms with Crippen molar-refractivity contribution in [1.29, 1.82) is 0 Å². The number of aromatic amines is 2. The molecule has 0 aliphatic carbocycles. The maximum atomic E-state index is 4.27. The van der Waals surface area contributed by atoms with E-state index in [1.54, 1.807) is 6.33 Å². The van der Waals surface area contributed by atoms with E-state index in [0.717, 1.165) is 24.1 Å². The van der Waals surface area contributed by atoms with Gasteiger partial charge in [-0.1, -0.05) is 6.07 Å². The zero-order valence-corrected chi connectivity index (χ0v) is 11.2. The third-order valence-corrected chi connectivity index (χ3v) is 4.15. The minimum absolute atomic E-state index is 0.575. The van der Waals surface area contributed by atoms with Crippen LogP contribution in [-0.4, -0.2) is 33.3 Å². The molecule has 1 aliphatic heterocycles. The summed E-state index contributed by atoms with van der Waals surface area (Å²) in [5.74, 6) is 0.575. The molecule has 0 saturated carbocycles. The van der Waals surface area contributed by atoms with Crippen LogP contribution in [-0.2, 0) is 0 Å². The van der Waals surface area contributed by atoms with Crippen LogP contribution in [0.3, 0.4) is 0 Å². The summed E-state index contributed by atoms with van der Waals surface area (Å²) in [4.78, 5) is 7.44. The topological polar surface area (TPSA) is 69.4 Å². The highest BCUT2D eigenvalue weighted by molar-refractivity contribution is 5.82. The van der Waals surface area contributed by atoms with Crippen molar-refractivity contribution >= 4 is 11.0 Å². The fourth-order valence-electron chi connectivity index (χ4n) is 3.05. The highest BCUT2D eigenvalue weighted by atomic mass is 15.1. The number of fused-ring (bicyclic) bond motifs is 1. The molecular formula is C15H17N5. The molecule has 0 spiro atoms. The predicted octanol–water partition coefficient (Wildman–Crippen LogP) is 2.42. The number of H-pyrrole nitrogens is 2. The van der Waals surface area contributed by atoms with Gasteiger partial charge in [0.1, 0.15) is 0 Å². The number of hydrogen-bond donors (Lipinski definition) is 3. The van der Waals surface area contributed by atoms with E-state index in [9.17, 15) is 0 Å². The SMILES string of the molecule is c1nc2ccc(-c3cn[nH]c3C3CCNCC3)cc2[nH]1. The van der Waals surface area contributed by atoms with Crippen LogP contribution in [0, 0.1) is 0 Å². The second-order valence-electron chi connectivity index (χ2n) is 5.36. The van der Waals surface area contributed by atoms with E-state index in [2.05, 4.69) is 43.7 Å². The van der Waals surface area contributed by atoms with Crippen LogP contribution in [0.25, 0.3) is 22.2 Å². The first-order valence-electron chi connectivity index (χ1n) is 7.09. The summed E-state index contributed by atoms with van der Waals surface area (Å²) in [7, 11) is 0. The lowest BCUT2D eigenvalue weighted by molar-refractivity contribution is 0.453. The summed E-state index contributed by atoms with van der Waals surface area (Å²) >= 11 is 0. The van der Waals surface area contributed by atoms with Gasteiger partial charge in [-0.3, -0.25) is 5.10 Å². The average molecular weight is 267 g/mol. The first kappa shape index (κ1) is 11.7. The third-order valence-electron chi connectivity index (χ3n) is 4.15. The van der Waals surface area contributed by atoms with Crippen molar-refractivity contribution in [2.45, 2.75) is 18.8 Å². The Morgan fingerprint density at radius 3 is 2.95 bits per heavy atom. The molecule has 2 aromatic heterocycles. The fraction of sp³-hybridized carbons (Fsp3) is 0.333. The summed E-state index contributed by atoms with van der Waals surface area (Å²) in [5, 5.41) is 10.9. The Kier molecular flexibility index (Phi) is 2.77. The van der Waals surface area contributed by atoms with E-state index >= 15 is 0 Å². The van der Waals surface area contributed by atoms with Gasteiger partial charge in [0.25, 0.3) is 0 Å². The van der Waals surface area contributed by atoms with Crippen molar-refractivity contribution in [1.82, 2.24) is 25.5 Å². The molecule has 0 radical (unpaired) electrons. The summed E-state index contributed by atoms with van der Waals surface area (Å²) in [5.41, 5.74) is 5.75.